The molecule has 0 saturated carbocycles. The van der Waals surface area contributed by atoms with Gasteiger partial charge < -0.3 is 4.74 Å². The Morgan fingerprint density at radius 2 is 2.19 bits per heavy atom. The first-order valence-electron chi connectivity index (χ1n) is 7.34. The summed E-state index contributed by atoms with van der Waals surface area (Å²) >= 11 is 0. The third-order valence-electron chi connectivity index (χ3n) is 3.97. The van der Waals surface area contributed by atoms with Crippen molar-refractivity contribution in [3.05, 3.63) is 58.4 Å². The van der Waals surface area contributed by atoms with E-state index in [1.807, 2.05) is 13.1 Å². The monoisotopic (exact) mass is 283 g/mol. The molecule has 0 radical (unpaired) electrons. The molecule has 0 spiro atoms. The van der Waals surface area contributed by atoms with Crippen LogP contribution in [0.4, 0.5) is 0 Å². The number of benzene rings is 1. The number of aromatic nitrogens is 1. The largest absolute Gasteiger partial charge is 0.493 e. The van der Waals surface area contributed by atoms with Gasteiger partial charge in [0.25, 0.3) is 0 Å². The van der Waals surface area contributed by atoms with E-state index < -0.39 is 0 Å². The summed E-state index contributed by atoms with van der Waals surface area (Å²) in [7, 11) is 0. The Bertz CT molecular complexity index is 654. The zero-order valence-electron chi connectivity index (χ0n) is 12.5. The van der Waals surface area contributed by atoms with Gasteiger partial charge in [0.2, 0.25) is 0 Å². The molecule has 21 heavy (non-hydrogen) atoms. The standard InChI is InChI=1S/C17H21N3O/c1-11-9-12(2)15(19-10-11)16(20-18)14-7-3-5-13-6-4-8-21-17(13)14/h3,5,7,9-10,16,20H,4,6,8,18H2,1-2H3. The van der Waals surface area contributed by atoms with Gasteiger partial charge in [-0.3, -0.25) is 10.8 Å². The first kappa shape index (κ1) is 14.0. The molecule has 0 saturated heterocycles. The van der Waals surface area contributed by atoms with Crippen LogP contribution in [0, 0.1) is 13.8 Å². The lowest BCUT2D eigenvalue weighted by atomic mass is 9.94. The van der Waals surface area contributed by atoms with E-state index in [0.717, 1.165) is 47.6 Å². The zero-order chi connectivity index (χ0) is 14.8. The summed E-state index contributed by atoms with van der Waals surface area (Å²) in [5.74, 6) is 6.80. The van der Waals surface area contributed by atoms with Crippen molar-refractivity contribution in [2.75, 3.05) is 6.61 Å². The van der Waals surface area contributed by atoms with Crippen LogP contribution in [0.3, 0.4) is 0 Å². The zero-order valence-corrected chi connectivity index (χ0v) is 12.5. The molecule has 3 N–H and O–H groups in total. The Hall–Kier alpha value is -1.91. The lowest BCUT2D eigenvalue weighted by Crippen LogP contribution is -2.31. The van der Waals surface area contributed by atoms with Gasteiger partial charge in [-0.2, -0.15) is 0 Å². The number of fused-ring (bicyclic) bond motifs is 1. The third kappa shape index (κ3) is 2.64. The molecule has 0 amide bonds. The molecule has 1 aromatic carbocycles. The summed E-state index contributed by atoms with van der Waals surface area (Å²) in [4.78, 5) is 4.58. The van der Waals surface area contributed by atoms with Crippen molar-refractivity contribution in [1.29, 1.82) is 0 Å². The Morgan fingerprint density at radius 1 is 1.33 bits per heavy atom. The number of nitrogens with zero attached hydrogens (tertiary/aromatic N) is 1. The molecule has 1 atom stereocenters. The maximum absolute atomic E-state index is 5.90. The summed E-state index contributed by atoms with van der Waals surface area (Å²) in [6.07, 6.45) is 4.00. The van der Waals surface area contributed by atoms with Gasteiger partial charge in [0, 0.05) is 11.8 Å². The van der Waals surface area contributed by atoms with E-state index in [2.05, 4.69) is 41.6 Å². The lowest BCUT2D eigenvalue weighted by Gasteiger charge is -2.25. The van der Waals surface area contributed by atoms with Crippen molar-refractivity contribution in [2.45, 2.75) is 32.7 Å². The van der Waals surface area contributed by atoms with Crippen molar-refractivity contribution in [1.82, 2.24) is 10.4 Å². The van der Waals surface area contributed by atoms with Crippen LogP contribution in [0.2, 0.25) is 0 Å². The Morgan fingerprint density at radius 3 is 2.95 bits per heavy atom. The molecule has 0 aliphatic carbocycles. The van der Waals surface area contributed by atoms with E-state index >= 15 is 0 Å². The van der Waals surface area contributed by atoms with Crippen LogP contribution in [0.5, 0.6) is 5.75 Å². The maximum atomic E-state index is 5.90. The number of nitrogens with one attached hydrogen (secondary N) is 1. The van der Waals surface area contributed by atoms with Crippen LogP contribution in [-0.2, 0) is 6.42 Å². The van der Waals surface area contributed by atoms with Gasteiger partial charge in [-0.15, -0.1) is 0 Å². The second-order valence-corrected chi connectivity index (χ2v) is 5.60. The highest BCUT2D eigenvalue weighted by Crippen LogP contribution is 2.35. The van der Waals surface area contributed by atoms with E-state index in [1.165, 1.54) is 5.56 Å². The topological polar surface area (TPSA) is 60.2 Å². The van der Waals surface area contributed by atoms with Gasteiger partial charge in [-0.1, -0.05) is 24.3 Å². The molecule has 0 bridgehead atoms. The van der Waals surface area contributed by atoms with Crippen LogP contribution in [-0.4, -0.2) is 11.6 Å². The second-order valence-electron chi connectivity index (χ2n) is 5.60. The van der Waals surface area contributed by atoms with E-state index in [-0.39, 0.29) is 6.04 Å². The number of rotatable bonds is 3. The molecule has 110 valence electrons. The molecular weight excluding hydrogens is 262 g/mol. The summed E-state index contributed by atoms with van der Waals surface area (Å²) in [6.45, 7) is 4.87. The second kappa shape index (κ2) is 5.84. The lowest BCUT2D eigenvalue weighted by molar-refractivity contribution is 0.283. The molecule has 0 fully saturated rings. The normalized spacial score (nSPS) is 15.2. The highest BCUT2D eigenvalue weighted by atomic mass is 16.5. The van der Waals surface area contributed by atoms with Crippen LogP contribution in [0.15, 0.2) is 30.5 Å². The summed E-state index contributed by atoms with van der Waals surface area (Å²) in [5.41, 5.74) is 8.45. The average molecular weight is 283 g/mol. The van der Waals surface area contributed by atoms with Crippen LogP contribution >= 0.6 is 0 Å². The van der Waals surface area contributed by atoms with E-state index in [1.54, 1.807) is 0 Å². The van der Waals surface area contributed by atoms with Crippen LogP contribution in [0.25, 0.3) is 0 Å². The molecule has 4 heteroatoms. The SMILES string of the molecule is Cc1cnc(C(NN)c2cccc3c2OCCC3)c(C)c1. The van der Waals surface area contributed by atoms with Crippen molar-refractivity contribution < 1.29 is 4.74 Å². The fraction of sp³-hybridized carbons (Fsp3) is 0.353. The molecule has 1 unspecified atom stereocenters. The summed E-state index contributed by atoms with van der Waals surface area (Å²) < 4.78 is 5.90. The number of pyridine rings is 1. The van der Waals surface area contributed by atoms with E-state index in [9.17, 15) is 0 Å². The fourth-order valence-electron chi connectivity index (χ4n) is 2.99. The van der Waals surface area contributed by atoms with Gasteiger partial charge in [-0.05, 0) is 43.4 Å². The molecule has 3 rings (SSSR count). The number of para-hydroxylation sites is 1. The smallest absolute Gasteiger partial charge is 0.127 e. The molecule has 1 aliphatic rings. The number of nitrogens with two attached hydrogens (primary N) is 1. The summed E-state index contributed by atoms with van der Waals surface area (Å²) in [5, 5.41) is 0. The van der Waals surface area contributed by atoms with E-state index in [0.29, 0.717) is 0 Å². The van der Waals surface area contributed by atoms with Gasteiger partial charge in [-0.25, -0.2) is 5.43 Å². The molecule has 1 aliphatic heterocycles. The molecule has 2 aromatic rings. The minimum atomic E-state index is -0.154. The van der Waals surface area contributed by atoms with E-state index in [4.69, 9.17) is 10.6 Å². The van der Waals surface area contributed by atoms with Gasteiger partial charge in [0.05, 0.1) is 18.3 Å². The molecule has 2 heterocycles. The van der Waals surface area contributed by atoms with Crippen molar-refractivity contribution in [3.8, 4) is 5.75 Å². The first-order chi connectivity index (χ1) is 10.2. The van der Waals surface area contributed by atoms with Crippen molar-refractivity contribution in [3.63, 3.8) is 0 Å². The third-order valence-corrected chi connectivity index (χ3v) is 3.97. The highest BCUT2D eigenvalue weighted by Gasteiger charge is 2.23. The van der Waals surface area contributed by atoms with Crippen LogP contribution < -0.4 is 16.0 Å². The minimum Gasteiger partial charge on any atom is -0.493 e. The van der Waals surface area contributed by atoms with Gasteiger partial charge in [0.15, 0.2) is 0 Å². The van der Waals surface area contributed by atoms with Crippen molar-refractivity contribution in [2.24, 2.45) is 5.84 Å². The summed E-state index contributed by atoms with van der Waals surface area (Å²) in [6, 6.07) is 8.23. The molecule has 4 nitrogen and oxygen atoms in total. The first-order valence-corrected chi connectivity index (χ1v) is 7.34. The van der Waals surface area contributed by atoms with Crippen LogP contribution in [0.1, 0.15) is 40.4 Å². The maximum Gasteiger partial charge on any atom is 0.127 e. The van der Waals surface area contributed by atoms with Gasteiger partial charge in [0.1, 0.15) is 5.75 Å². The quantitative estimate of drug-likeness (QED) is 0.671. The predicted octanol–water partition coefficient (Wildman–Crippen LogP) is 2.58. The number of hydrazine groups is 1. The number of aryl methyl sites for hydroxylation is 3. The Labute approximate surface area is 125 Å². The average Bonchev–Trinajstić information content (AvgIpc) is 2.50. The molecular formula is C17H21N3O. The predicted molar refractivity (Wildman–Crippen MR) is 83.1 cm³/mol. The van der Waals surface area contributed by atoms with Crippen molar-refractivity contribution >= 4 is 0 Å². The Kier molecular flexibility index (Phi) is 3.90. The highest BCUT2D eigenvalue weighted by molar-refractivity contribution is 5.47. The van der Waals surface area contributed by atoms with Gasteiger partial charge >= 0.3 is 0 Å². The number of ether oxygens (including phenoxy) is 1. The molecule has 1 aromatic heterocycles. The Balaban J connectivity index is 2.08. The number of hydrogen-bond donors (Lipinski definition) is 2. The minimum absolute atomic E-state index is 0.154. The number of hydrogen-bond acceptors (Lipinski definition) is 4. The fourth-order valence-corrected chi connectivity index (χ4v) is 2.99.